The molecule has 11 heavy (non-hydrogen) atoms. The summed E-state index contributed by atoms with van der Waals surface area (Å²) in [5.41, 5.74) is 0.177. The lowest BCUT2D eigenvalue weighted by atomic mass is 9.97. The molecule has 0 saturated carbocycles. The topological polar surface area (TPSA) is 21.3 Å². The maximum absolute atomic E-state index is 5.73. The molecule has 1 aliphatic rings. The van der Waals surface area contributed by atoms with E-state index in [4.69, 9.17) is 4.74 Å². The standard InChI is InChI=1S/C9H19NO/c1-3-9(8-10-4-2)6-5-7-11-9/h10H,3-8H2,1-2H3. The largest absolute Gasteiger partial charge is 0.374 e. The maximum atomic E-state index is 5.73. The van der Waals surface area contributed by atoms with E-state index in [0.29, 0.717) is 0 Å². The van der Waals surface area contributed by atoms with Gasteiger partial charge in [-0.25, -0.2) is 0 Å². The molecule has 0 radical (unpaired) electrons. The van der Waals surface area contributed by atoms with Crippen LogP contribution in [0.2, 0.25) is 0 Å². The smallest absolute Gasteiger partial charge is 0.0804 e. The van der Waals surface area contributed by atoms with Crippen molar-refractivity contribution >= 4 is 0 Å². The molecule has 1 heterocycles. The normalized spacial score (nSPS) is 31.1. The van der Waals surface area contributed by atoms with Gasteiger partial charge >= 0.3 is 0 Å². The fraction of sp³-hybridized carbons (Fsp3) is 1.00. The van der Waals surface area contributed by atoms with Crippen LogP contribution in [-0.4, -0.2) is 25.3 Å². The average Bonchev–Trinajstić information content (AvgIpc) is 2.50. The minimum absolute atomic E-state index is 0.177. The number of nitrogens with one attached hydrogen (secondary N) is 1. The molecule has 0 aromatic rings. The van der Waals surface area contributed by atoms with Crippen LogP contribution in [0.3, 0.4) is 0 Å². The molecule has 1 unspecified atom stereocenters. The molecule has 1 aliphatic heterocycles. The van der Waals surface area contributed by atoms with Crippen molar-refractivity contribution in [1.29, 1.82) is 0 Å². The van der Waals surface area contributed by atoms with Gasteiger partial charge in [-0.05, 0) is 25.8 Å². The van der Waals surface area contributed by atoms with E-state index in [1.807, 2.05) is 0 Å². The van der Waals surface area contributed by atoms with Crippen molar-refractivity contribution in [1.82, 2.24) is 5.32 Å². The summed E-state index contributed by atoms with van der Waals surface area (Å²) in [6.45, 7) is 7.38. The molecule has 66 valence electrons. The van der Waals surface area contributed by atoms with Crippen molar-refractivity contribution in [3.8, 4) is 0 Å². The summed E-state index contributed by atoms with van der Waals surface area (Å²) in [7, 11) is 0. The Bertz CT molecular complexity index is 108. The Morgan fingerprint density at radius 3 is 2.73 bits per heavy atom. The number of likely N-dealkylation sites (N-methyl/N-ethyl adjacent to an activating group) is 1. The summed E-state index contributed by atoms with van der Waals surface area (Å²) >= 11 is 0. The molecule has 2 nitrogen and oxygen atoms in total. The van der Waals surface area contributed by atoms with E-state index in [9.17, 15) is 0 Å². The van der Waals surface area contributed by atoms with E-state index < -0.39 is 0 Å². The van der Waals surface area contributed by atoms with Crippen LogP contribution in [0.1, 0.15) is 33.1 Å². The van der Waals surface area contributed by atoms with Crippen LogP contribution >= 0.6 is 0 Å². The molecule has 0 spiro atoms. The number of ether oxygens (including phenoxy) is 1. The Labute approximate surface area is 69.3 Å². The van der Waals surface area contributed by atoms with E-state index in [-0.39, 0.29) is 5.60 Å². The van der Waals surface area contributed by atoms with Crippen molar-refractivity contribution in [2.24, 2.45) is 0 Å². The Hall–Kier alpha value is -0.0800. The molecule has 1 rings (SSSR count). The van der Waals surface area contributed by atoms with Crippen molar-refractivity contribution in [3.05, 3.63) is 0 Å². The Kier molecular flexibility index (Phi) is 3.34. The zero-order chi connectivity index (χ0) is 8.16. The highest BCUT2D eigenvalue weighted by Crippen LogP contribution is 2.27. The lowest BCUT2D eigenvalue weighted by Crippen LogP contribution is -2.39. The summed E-state index contributed by atoms with van der Waals surface area (Å²) in [4.78, 5) is 0. The molecule has 1 atom stereocenters. The molecule has 0 amide bonds. The second-order valence-electron chi connectivity index (χ2n) is 3.27. The Balaban J connectivity index is 2.33. The third kappa shape index (κ3) is 2.17. The minimum atomic E-state index is 0.177. The van der Waals surface area contributed by atoms with Gasteiger partial charge in [-0.3, -0.25) is 0 Å². The predicted molar refractivity (Wildman–Crippen MR) is 46.8 cm³/mol. The minimum Gasteiger partial charge on any atom is -0.374 e. The summed E-state index contributed by atoms with van der Waals surface area (Å²) in [6, 6.07) is 0. The van der Waals surface area contributed by atoms with Crippen molar-refractivity contribution in [2.75, 3.05) is 19.7 Å². The third-order valence-corrected chi connectivity index (χ3v) is 2.53. The van der Waals surface area contributed by atoms with Gasteiger partial charge in [-0.2, -0.15) is 0 Å². The van der Waals surface area contributed by atoms with Crippen LogP contribution in [0.15, 0.2) is 0 Å². The molecule has 1 saturated heterocycles. The first kappa shape index (κ1) is 9.01. The molecule has 0 aromatic carbocycles. The first-order valence-corrected chi connectivity index (χ1v) is 4.67. The average molecular weight is 157 g/mol. The van der Waals surface area contributed by atoms with Gasteiger partial charge in [0.15, 0.2) is 0 Å². The zero-order valence-electron chi connectivity index (χ0n) is 7.65. The Morgan fingerprint density at radius 1 is 1.45 bits per heavy atom. The molecule has 1 N–H and O–H groups in total. The van der Waals surface area contributed by atoms with E-state index in [1.54, 1.807) is 0 Å². The molecule has 1 fully saturated rings. The van der Waals surface area contributed by atoms with Crippen molar-refractivity contribution in [3.63, 3.8) is 0 Å². The van der Waals surface area contributed by atoms with Gasteiger partial charge < -0.3 is 10.1 Å². The molecule has 0 bridgehead atoms. The lowest BCUT2D eigenvalue weighted by molar-refractivity contribution is 0.00234. The van der Waals surface area contributed by atoms with Crippen LogP contribution in [0.25, 0.3) is 0 Å². The van der Waals surface area contributed by atoms with Gasteiger partial charge in [0.1, 0.15) is 0 Å². The second-order valence-corrected chi connectivity index (χ2v) is 3.27. The number of hydrogen-bond donors (Lipinski definition) is 1. The molecule has 0 aliphatic carbocycles. The summed E-state index contributed by atoms with van der Waals surface area (Å²) in [6.07, 6.45) is 3.61. The van der Waals surface area contributed by atoms with E-state index in [1.165, 1.54) is 12.8 Å². The van der Waals surface area contributed by atoms with Gasteiger partial charge in [0.2, 0.25) is 0 Å². The highest BCUT2D eigenvalue weighted by atomic mass is 16.5. The highest BCUT2D eigenvalue weighted by molar-refractivity contribution is 4.85. The first-order chi connectivity index (χ1) is 5.33. The quantitative estimate of drug-likeness (QED) is 0.668. The third-order valence-electron chi connectivity index (χ3n) is 2.53. The van der Waals surface area contributed by atoms with E-state index >= 15 is 0 Å². The summed E-state index contributed by atoms with van der Waals surface area (Å²) in [5, 5.41) is 3.36. The van der Waals surface area contributed by atoms with Gasteiger partial charge in [0.05, 0.1) is 5.60 Å². The highest BCUT2D eigenvalue weighted by Gasteiger charge is 2.32. The number of hydrogen-bond acceptors (Lipinski definition) is 2. The predicted octanol–water partition coefficient (Wildman–Crippen LogP) is 1.56. The van der Waals surface area contributed by atoms with Gasteiger partial charge in [0, 0.05) is 13.2 Å². The number of rotatable bonds is 4. The van der Waals surface area contributed by atoms with Gasteiger partial charge in [0.25, 0.3) is 0 Å². The van der Waals surface area contributed by atoms with E-state index in [0.717, 1.165) is 26.1 Å². The van der Waals surface area contributed by atoms with Crippen LogP contribution < -0.4 is 5.32 Å². The first-order valence-electron chi connectivity index (χ1n) is 4.67. The fourth-order valence-corrected chi connectivity index (χ4v) is 1.65. The summed E-state index contributed by atoms with van der Waals surface area (Å²) < 4.78 is 5.73. The van der Waals surface area contributed by atoms with Crippen molar-refractivity contribution in [2.45, 2.75) is 38.7 Å². The molecular weight excluding hydrogens is 138 g/mol. The molecule has 0 aromatic heterocycles. The SMILES string of the molecule is CCNCC1(CC)CCCO1. The van der Waals surface area contributed by atoms with Crippen molar-refractivity contribution < 1.29 is 4.74 Å². The zero-order valence-corrected chi connectivity index (χ0v) is 7.65. The van der Waals surface area contributed by atoms with Crippen LogP contribution in [0.5, 0.6) is 0 Å². The Morgan fingerprint density at radius 2 is 2.27 bits per heavy atom. The molecular formula is C9H19NO. The van der Waals surface area contributed by atoms with Gasteiger partial charge in [-0.1, -0.05) is 13.8 Å². The van der Waals surface area contributed by atoms with Crippen LogP contribution in [0.4, 0.5) is 0 Å². The van der Waals surface area contributed by atoms with E-state index in [2.05, 4.69) is 19.2 Å². The maximum Gasteiger partial charge on any atom is 0.0804 e. The molecule has 2 heteroatoms. The monoisotopic (exact) mass is 157 g/mol. The second kappa shape index (κ2) is 4.07. The van der Waals surface area contributed by atoms with Gasteiger partial charge in [-0.15, -0.1) is 0 Å². The van der Waals surface area contributed by atoms with Crippen LogP contribution in [-0.2, 0) is 4.74 Å². The summed E-state index contributed by atoms with van der Waals surface area (Å²) in [5.74, 6) is 0. The fourth-order valence-electron chi connectivity index (χ4n) is 1.65. The lowest BCUT2D eigenvalue weighted by Gasteiger charge is -2.26. The van der Waals surface area contributed by atoms with Crippen LogP contribution in [0, 0.1) is 0 Å².